The van der Waals surface area contributed by atoms with Gasteiger partial charge in [0.05, 0.1) is 18.5 Å². The number of piperazine rings is 1. The SMILES string of the molecule is COc1ccccc1Nc1ncnc(N2CCN(c3ccccc3F)CC2)c1N. The molecule has 7 nitrogen and oxygen atoms in total. The molecule has 1 saturated heterocycles. The van der Waals surface area contributed by atoms with Crippen LogP contribution in [0.2, 0.25) is 0 Å². The number of para-hydroxylation sites is 3. The van der Waals surface area contributed by atoms with Gasteiger partial charge in [-0.25, -0.2) is 14.4 Å². The van der Waals surface area contributed by atoms with Crippen LogP contribution in [0.1, 0.15) is 0 Å². The Morgan fingerprint density at radius 3 is 2.41 bits per heavy atom. The molecule has 0 atom stereocenters. The van der Waals surface area contributed by atoms with E-state index in [-0.39, 0.29) is 5.82 Å². The lowest BCUT2D eigenvalue weighted by molar-refractivity contribution is 0.417. The summed E-state index contributed by atoms with van der Waals surface area (Å²) in [7, 11) is 1.62. The molecule has 1 aliphatic rings. The number of benzene rings is 2. The second kappa shape index (κ2) is 8.22. The van der Waals surface area contributed by atoms with Crippen LogP contribution in [0.15, 0.2) is 54.9 Å². The highest BCUT2D eigenvalue weighted by molar-refractivity contribution is 5.79. The van der Waals surface area contributed by atoms with Crippen LogP contribution in [0, 0.1) is 5.82 Å². The second-order valence-electron chi connectivity index (χ2n) is 6.71. The molecule has 3 aromatic rings. The first-order valence-electron chi connectivity index (χ1n) is 9.42. The van der Waals surface area contributed by atoms with Gasteiger partial charge >= 0.3 is 0 Å². The number of methoxy groups -OCH3 is 1. The third-order valence-electron chi connectivity index (χ3n) is 5.00. The van der Waals surface area contributed by atoms with Gasteiger partial charge in [0.1, 0.15) is 23.6 Å². The van der Waals surface area contributed by atoms with Crippen molar-refractivity contribution in [1.29, 1.82) is 0 Å². The van der Waals surface area contributed by atoms with Crippen molar-refractivity contribution in [3.63, 3.8) is 0 Å². The average Bonchev–Trinajstić information content (AvgIpc) is 2.76. The highest BCUT2D eigenvalue weighted by Crippen LogP contribution is 2.33. The molecule has 8 heteroatoms. The van der Waals surface area contributed by atoms with Crippen LogP contribution < -0.4 is 25.6 Å². The number of hydrogen-bond donors (Lipinski definition) is 2. The molecule has 0 bridgehead atoms. The van der Waals surface area contributed by atoms with Crippen molar-refractivity contribution in [2.75, 3.05) is 54.1 Å². The first-order chi connectivity index (χ1) is 14.2. The fraction of sp³-hybridized carbons (Fsp3) is 0.238. The minimum atomic E-state index is -0.203. The van der Waals surface area contributed by atoms with Crippen molar-refractivity contribution < 1.29 is 9.13 Å². The summed E-state index contributed by atoms with van der Waals surface area (Å²) in [6.45, 7) is 2.73. The van der Waals surface area contributed by atoms with Crippen molar-refractivity contribution in [2.45, 2.75) is 0 Å². The predicted molar refractivity (Wildman–Crippen MR) is 114 cm³/mol. The Morgan fingerprint density at radius 1 is 0.966 bits per heavy atom. The van der Waals surface area contributed by atoms with Gasteiger partial charge in [0.15, 0.2) is 11.6 Å². The maximum Gasteiger partial charge on any atom is 0.159 e. The second-order valence-corrected chi connectivity index (χ2v) is 6.71. The molecule has 2 heterocycles. The Labute approximate surface area is 168 Å². The fourth-order valence-corrected chi connectivity index (χ4v) is 3.48. The maximum atomic E-state index is 14.1. The van der Waals surface area contributed by atoms with Gasteiger partial charge in [0.25, 0.3) is 0 Å². The summed E-state index contributed by atoms with van der Waals surface area (Å²) in [5.41, 5.74) is 8.25. The molecule has 1 fully saturated rings. The zero-order valence-corrected chi connectivity index (χ0v) is 16.2. The van der Waals surface area contributed by atoms with Gasteiger partial charge in [-0.1, -0.05) is 24.3 Å². The predicted octanol–water partition coefficient (Wildman–Crippen LogP) is 3.28. The number of halogens is 1. The van der Waals surface area contributed by atoms with Crippen LogP contribution in [0.4, 0.5) is 33.1 Å². The van der Waals surface area contributed by atoms with Crippen LogP contribution >= 0.6 is 0 Å². The summed E-state index contributed by atoms with van der Waals surface area (Å²) in [6.07, 6.45) is 1.49. The van der Waals surface area contributed by atoms with E-state index in [1.54, 1.807) is 19.2 Å². The van der Waals surface area contributed by atoms with Crippen molar-refractivity contribution in [3.8, 4) is 5.75 Å². The first-order valence-corrected chi connectivity index (χ1v) is 9.42. The van der Waals surface area contributed by atoms with E-state index >= 15 is 0 Å². The summed E-state index contributed by atoms with van der Waals surface area (Å²) >= 11 is 0. The molecule has 3 N–H and O–H groups in total. The molecule has 150 valence electrons. The van der Waals surface area contributed by atoms with Gasteiger partial charge in [-0.15, -0.1) is 0 Å². The lowest BCUT2D eigenvalue weighted by Gasteiger charge is -2.37. The number of nitrogens with two attached hydrogens (primary N) is 1. The molecule has 0 radical (unpaired) electrons. The zero-order chi connectivity index (χ0) is 20.2. The van der Waals surface area contributed by atoms with E-state index in [9.17, 15) is 4.39 Å². The number of aromatic nitrogens is 2. The van der Waals surface area contributed by atoms with Crippen molar-refractivity contribution in [3.05, 3.63) is 60.7 Å². The molecule has 29 heavy (non-hydrogen) atoms. The fourth-order valence-electron chi connectivity index (χ4n) is 3.48. The van der Waals surface area contributed by atoms with Crippen LogP contribution in [0.25, 0.3) is 0 Å². The quantitative estimate of drug-likeness (QED) is 0.687. The zero-order valence-electron chi connectivity index (χ0n) is 16.2. The number of nitrogens with one attached hydrogen (secondary N) is 1. The molecule has 4 rings (SSSR count). The monoisotopic (exact) mass is 394 g/mol. The Bertz CT molecular complexity index is 990. The topological polar surface area (TPSA) is 79.5 Å². The first kappa shape index (κ1) is 18.8. The van der Waals surface area contributed by atoms with Crippen LogP contribution in [0.5, 0.6) is 5.75 Å². The maximum absolute atomic E-state index is 14.1. The van der Waals surface area contributed by atoms with Crippen molar-refractivity contribution in [1.82, 2.24) is 9.97 Å². The molecule has 1 aromatic heterocycles. The largest absolute Gasteiger partial charge is 0.495 e. The number of rotatable bonds is 5. The van der Waals surface area contributed by atoms with Gasteiger partial charge < -0.3 is 25.6 Å². The molecular formula is C21H23FN6O. The summed E-state index contributed by atoms with van der Waals surface area (Å²) in [5.74, 6) is 1.69. The molecule has 0 aliphatic carbocycles. The minimum Gasteiger partial charge on any atom is -0.495 e. The van der Waals surface area contributed by atoms with E-state index < -0.39 is 0 Å². The van der Waals surface area contributed by atoms with E-state index in [4.69, 9.17) is 10.5 Å². The Hall–Kier alpha value is -3.55. The van der Waals surface area contributed by atoms with Gasteiger partial charge in [-0.3, -0.25) is 0 Å². The number of hydrogen-bond acceptors (Lipinski definition) is 7. The number of ether oxygens (including phenoxy) is 1. The number of nitrogen functional groups attached to an aromatic ring is 1. The molecule has 0 unspecified atom stereocenters. The number of nitrogens with zero attached hydrogens (tertiary/aromatic N) is 4. The molecule has 0 saturated carbocycles. The lowest BCUT2D eigenvalue weighted by atomic mass is 10.2. The van der Waals surface area contributed by atoms with Crippen molar-refractivity contribution >= 4 is 28.7 Å². The van der Waals surface area contributed by atoms with E-state index in [0.717, 1.165) is 5.69 Å². The Morgan fingerprint density at radius 2 is 1.66 bits per heavy atom. The van der Waals surface area contributed by atoms with Gasteiger partial charge in [0.2, 0.25) is 0 Å². The Balaban J connectivity index is 1.50. The minimum absolute atomic E-state index is 0.203. The summed E-state index contributed by atoms with van der Waals surface area (Å²) < 4.78 is 19.4. The average molecular weight is 394 g/mol. The third-order valence-corrected chi connectivity index (χ3v) is 5.00. The Kier molecular flexibility index (Phi) is 5.33. The van der Waals surface area contributed by atoms with E-state index in [1.807, 2.05) is 35.2 Å². The molecule has 0 amide bonds. The van der Waals surface area contributed by atoms with Gasteiger partial charge in [-0.2, -0.15) is 0 Å². The van der Waals surface area contributed by atoms with Crippen LogP contribution in [-0.4, -0.2) is 43.3 Å². The molecular weight excluding hydrogens is 371 g/mol. The molecule has 1 aliphatic heterocycles. The van der Waals surface area contributed by atoms with Crippen LogP contribution in [-0.2, 0) is 0 Å². The van der Waals surface area contributed by atoms with Gasteiger partial charge in [-0.05, 0) is 24.3 Å². The van der Waals surface area contributed by atoms with E-state index in [1.165, 1.54) is 12.4 Å². The van der Waals surface area contributed by atoms with E-state index in [0.29, 0.717) is 54.9 Å². The highest BCUT2D eigenvalue weighted by Gasteiger charge is 2.23. The third kappa shape index (κ3) is 3.87. The van der Waals surface area contributed by atoms with E-state index in [2.05, 4.69) is 20.2 Å². The highest BCUT2D eigenvalue weighted by atomic mass is 19.1. The smallest absolute Gasteiger partial charge is 0.159 e. The van der Waals surface area contributed by atoms with Gasteiger partial charge in [0, 0.05) is 26.2 Å². The van der Waals surface area contributed by atoms with Crippen molar-refractivity contribution in [2.24, 2.45) is 0 Å². The molecule has 0 spiro atoms. The summed E-state index contributed by atoms with van der Waals surface area (Å²) in [5, 5.41) is 3.23. The summed E-state index contributed by atoms with van der Waals surface area (Å²) in [4.78, 5) is 12.8. The van der Waals surface area contributed by atoms with Crippen LogP contribution in [0.3, 0.4) is 0 Å². The number of anilines is 5. The normalized spacial score (nSPS) is 14.0. The lowest BCUT2D eigenvalue weighted by Crippen LogP contribution is -2.47. The molecule has 2 aromatic carbocycles. The standard InChI is InChI=1S/C21H23FN6O/c1-29-18-9-5-3-7-16(18)26-20-19(23)21(25-14-24-20)28-12-10-27(11-13-28)17-8-4-2-6-15(17)22/h2-9,14H,10-13,23H2,1H3,(H,24,25,26). The summed E-state index contributed by atoms with van der Waals surface area (Å²) in [6, 6.07) is 14.4.